The van der Waals surface area contributed by atoms with Crippen molar-refractivity contribution in [2.45, 2.75) is 46.7 Å². The van der Waals surface area contributed by atoms with Crippen LogP contribution in [0, 0.1) is 12.8 Å². The van der Waals surface area contributed by atoms with Gasteiger partial charge in [0, 0.05) is 19.0 Å². The van der Waals surface area contributed by atoms with Crippen LogP contribution in [0.15, 0.2) is 0 Å². The first-order valence-corrected chi connectivity index (χ1v) is 5.82. The summed E-state index contributed by atoms with van der Waals surface area (Å²) in [5.74, 6) is 0.460. The number of hydrogen-bond donors (Lipinski definition) is 1. The van der Waals surface area contributed by atoms with E-state index in [1.165, 1.54) is 0 Å². The maximum atomic E-state index is 6.20. The zero-order chi connectivity index (χ0) is 11.6. The van der Waals surface area contributed by atoms with Crippen molar-refractivity contribution in [3.63, 3.8) is 0 Å². The molecule has 3 nitrogen and oxygen atoms in total. The summed E-state index contributed by atoms with van der Waals surface area (Å²) >= 11 is 6.20. The summed E-state index contributed by atoms with van der Waals surface area (Å²) in [7, 11) is 0. The van der Waals surface area contributed by atoms with E-state index in [0.717, 1.165) is 29.4 Å². The van der Waals surface area contributed by atoms with Gasteiger partial charge in [-0.1, -0.05) is 25.4 Å². The molecule has 1 unspecified atom stereocenters. The molecule has 1 aromatic heterocycles. The second kappa shape index (κ2) is 4.99. The van der Waals surface area contributed by atoms with E-state index in [9.17, 15) is 0 Å². The molecule has 0 amide bonds. The van der Waals surface area contributed by atoms with Crippen LogP contribution in [0.3, 0.4) is 0 Å². The minimum Gasteiger partial charge on any atom is -0.327 e. The van der Waals surface area contributed by atoms with E-state index < -0.39 is 0 Å². The molecule has 0 saturated heterocycles. The Hall–Kier alpha value is -0.540. The van der Waals surface area contributed by atoms with E-state index in [4.69, 9.17) is 17.3 Å². The normalized spacial score (nSPS) is 13.5. The minimum atomic E-state index is 0.142. The molecule has 1 aromatic rings. The molecule has 0 aliphatic carbocycles. The quantitative estimate of drug-likeness (QED) is 0.862. The summed E-state index contributed by atoms with van der Waals surface area (Å²) in [6.07, 6.45) is 0.797. The fraction of sp³-hybridized carbons (Fsp3) is 0.727. The van der Waals surface area contributed by atoms with E-state index in [1.54, 1.807) is 0 Å². The van der Waals surface area contributed by atoms with Gasteiger partial charge < -0.3 is 5.73 Å². The molecule has 2 N–H and O–H groups in total. The highest BCUT2D eigenvalue weighted by Crippen LogP contribution is 2.22. The molecule has 0 aliphatic rings. The summed E-state index contributed by atoms with van der Waals surface area (Å²) in [5.41, 5.74) is 8.01. The number of rotatable bonds is 4. The van der Waals surface area contributed by atoms with Crippen molar-refractivity contribution >= 4 is 11.6 Å². The van der Waals surface area contributed by atoms with Crippen molar-refractivity contribution in [2.75, 3.05) is 0 Å². The van der Waals surface area contributed by atoms with Gasteiger partial charge in [-0.3, -0.25) is 4.68 Å². The first kappa shape index (κ1) is 12.5. The molecule has 0 radical (unpaired) electrons. The molecule has 0 saturated carbocycles. The molecule has 15 heavy (non-hydrogen) atoms. The third-order valence-electron chi connectivity index (χ3n) is 2.74. The molecule has 1 atom stereocenters. The smallest absolute Gasteiger partial charge is 0.0847 e. The zero-order valence-electron chi connectivity index (χ0n) is 9.92. The molecule has 86 valence electrons. The fourth-order valence-corrected chi connectivity index (χ4v) is 1.74. The standard InChI is InChI=1S/C11H20ClN3/c1-5-15-10(6-9(13)7(2)3)11(12)8(4)14-15/h7,9H,5-6,13H2,1-4H3. The van der Waals surface area contributed by atoms with E-state index in [-0.39, 0.29) is 6.04 Å². The van der Waals surface area contributed by atoms with Crippen molar-refractivity contribution in [3.05, 3.63) is 16.4 Å². The number of hydrogen-bond acceptors (Lipinski definition) is 2. The van der Waals surface area contributed by atoms with Crippen LogP contribution in [0.2, 0.25) is 5.02 Å². The summed E-state index contributed by atoms with van der Waals surface area (Å²) in [4.78, 5) is 0. The predicted octanol–water partition coefficient (Wildman–Crippen LogP) is 2.39. The number of nitrogens with two attached hydrogens (primary N) is 1. The lowest BCUT2D eigenvalue weighted by atomic mass is 10.0. The van der Waals surface area contributed by atoms with Crippen molar-refractivity contribution < 1.29 is 0 Å². The lowest BCUT2D eigenvalue weighted by Gasteiger charge is -2.16. The Kier molecular flexibility index (Phi) is 4.17. The summed E-state index contributed by atoms with van der Waals surface area (Å²) in [6, 6.07) is 0.142. The lowest BCUT2D eigenvalue weighted by molar-refractivity contribution is 0.471. The van der Waals surface area contributed by atoms with Crippen LogP contribution in [-0.2, 0) is 13.0 Å². The maximum absolute atomic E-state index is 6.20. The van der Waals surface area contributed by atoms with E-state index in [2.05, 4.69) is 25.9 Å². The Morgan fingerprint density at radius 3 is 2.53 bits per heavy atom. The Morgan fingerprint density at radius 1 is 1.47 bits per heavy atom. The Balaban J connectivity index is 2.92. The van der Waals surface area contributed by atoms with Crippen LogP contribution in [0.1, 0.15) is 32.2 Å². The second-order valence-electron chi connectivity index (χ2n) is 4.27. The van der Waals surface area contributed by atoms with Crippen LogP contribution in [-0.4, -0.2) is 15.8 Å². The Bertz CT molecular complexity index is 331. The van der Waals surface area contributed by atoms with Gasteiger partial charge in [0.25, 0.3) is 0 Å². The number of aryl methyl sites for hydroxylation is 2. The van der Waals surface area contributed by atoms with Gasteiger partial charge in [-0.2, -0.15) is 5.10 Å². The first-order valence-electron chi connectivity index (χ1n) is 5.44. The molecule has 0 aliphatic heterocycles. The van der Waals surface area contributed by atoms with Gasteiger partial charge in [0.2, 0.25) is 0 Å². The third-order valence-corrected chi connectivity index (χ3v) is 3.23. The number of nitrogens with zero attached hydrogens (tertiary/aromatic N) is 2. The molecular formula is C11H20ClN3. The van der Waals surface area contributed by atoms with Gasteiger partial charge in [-0.15, -0.1) is 0 Å². The van der Waals surface area contributed by atoms with Gasteiger partial charge in [0.1, 0.15) is 0 Å². The van der Waals surface area contributed by atoms with Crippen LogP contribution >= 0.6 is 11.6 Å². The van der Waals surface area contributed by atoms with Crippen LogP contribution < -0.4 is 5.73 Å². The average molecular weight is 230 g/mol. The fourth-order valence-electron chi connectivity index (χ4n) is 1.52. The molecule has 4 heteroatoms. The highest BCUT2D eigenvalue weighted by molar-refractivity contribution is 6.31. The Morgan fingerprint density at radius 2 is 2.07 bits per heavy atom. The van der Waals surface area contributed by atoms with Crippen LogP contribution in [0.4, 0.5) is 0 Å². The van der Waals surface area contributed by atoms with E-state index >= 15 is 0 Å². The lowest BCUT2D eigenvalue weighted by Crippen LogP contribution is -2.30. The zero-order valence-corrected chi connectivity index (χ0v) is 10.7. The highest BCUT2D eigenvalue weighted by atomic mass is 35.5. The molecule has 0 aromatic carbocycles. The average Bonchev–Trinajstić information content (AvgIpc) is 2.45. The predicted molar refractivity (Wildman–Crippen MR) is 64.2 cm³/mol. The van der Waals surface area contributed by atoms with Crippen molar-refractivity contribution in [2.24, 2.45) is 11.7 Å². The van der Waals surface area contributed by atoms with Gasteiger partial charge in [0.05, 0.1) is 16.4 Å². The monoisotopic (exact) mass is 229 g/mol. The summed E-state index contributed by atoms with van der Waals surface area (Å²) in [5, 5.41) is 5.14. The van der Waals surface area contributed by atoms with Gasteiger partial charge >= 0.3 is 0 Å². The van der Waals surface area contributed by atoms with Crippen LogP contribution in [0.5, 0.6) is 0 Å². The second-order valence-corrected chi connectivity index (χ2v) is 4.65. The molecule has 1 heterocycles. The Labute approximate surface area is 96.6 Å². The highest BCUT2D eigenvalue weighted by Gasteiger charge is 2.17. The van der Waals surface area contributed by atoms with E-state index in [0.29, 0.717) is 5.92 Å². The van der Waals surface area contributed by atoms with Gasteiger partial charge in [0.15, 0.2) is 0 Å². The van der Waals surface area contributed by atoms with Crippen LogP contribution in [0.25, 0.3) is 0 Å². The minimum absolute atomic E-state index is 0.142. The topological polar surface area (TPSA) is 43.8 Å². The first-order chi connectivity index (χ1) is 6.97. The van der Waals surface area contributed by atoms with Gasteiger partial charge in [-0.25, -0.2) is 0 Å². The van der Waals surface area contributed by atoms with Crippen molar-refractivity contribution in [3.8, 4) is 0 Å². The third kappa shape index (κ3) is 2.73. The molecule has 0 spiro atoms. The summed E-state index contributed by atoms with van der Waals surface area (Å²) < 4.78 is 1.94. The number of aromatic nitrogens is 2. The summed E-state index contributed by atoms with van der Waals surface area (Å²) in [6.45, 7) is 9.08. The van der Waals surface area contributed by atoms with Crippen molar-refractivity contribution in [1.29, 1.82) is 0 Å². The SMILES string of the molecule is CCn1nc(C)c(Cl)c1CC(N)C(C)C. The molecule has 0 fully saturated rings. The van der Waals surface area contributed by atoms with E-state index in [1.807, 2.05) is 11.6 Å². The van der Waals surface area contributed by atoms with Crippen molar-refractivity contribution in [1.82, 2.24) is 9.78 Å². The van der Waals surface area contributed by atoms with Gasteiger partial charge in [-0.05, 0) is 19.8 Å². The molecule has 0 bridgehead atoms. The largest absolute Gasteiger partial charge is 0.327 e. The number of halogens is 1. The maximum Gasteiger partial charge on any atom is 0.0847 e. The molecule has 1 rings (SSSR count). The molecular weight excluding hydrogens is 210 g/mol.